The number of benzene rings is 2. The molecule has 4 rings (SSSR count). The maximum Gasteiger partial charge on any atom is 0.139 e. The van der Waals surface area contributed by atoms with Crippen LogP contribution in [0.2, 0.25) is 5.02 Å². The van der Waals surface area contributed by atoms with Gasteiger partial charge >= 0.3 is 0 Å². The van der Waals surface area contributed by atoms with Crippen LogP contribution in [-0.2, 0) is 0 Å². The number of methoxy groups -OCH3 is 1. The molecule has 9 heteroatoms. The standard InChI is InChI=1S/C27H31ClF2N2O3S/c1-35-18-5-6-23-19(15-18)25(20(28)16-31-23)24(34)7-8-27(17-33)9-11-32(12-10-27)13-14-36-26-21(29)3-2-4-22(26)30/h2-6,15-16,24,33-34H,7-14,17H2,1H3/t24-/m0/s1. The lowest BCUT2D eigenvalue weighted by Crippen LogP contribution is -2.43. The minimum atomic E-state index is -0.802. The van der Waals surface area contributed by atoms with Crippen molar-refractivity contribution in [3.63, 3.8) is 0 Å². The zero-order valence-corrected chi connectivity index (χ0v) is 21.8. The zero-order chi connectivity index (χ0) is 25.7. The first kappa shape index (κ1) is 27.1. The number of ether oxygens (including phenoxy) is 1. The number of hydrogen-bond donors (Lipinski definition) is 2. The van der Waals surface area contributed by atoms with Crippen molar-refractivity contribution in [1.29, 1.82) is 0 Å². The van der Waals surface area contributed by atoms with Crippen molar-refractivity contribution >= 4 is 34.3 Å². The van der Waals surface area contributed by atoms with Crippen molar-refractivity contribution in [2.24, 2.45) is 5.41 Å². The summed E-state index contributed by atoms with van der Waals surface area (Å²) in [5.41, 5.74) is 1.07. The molecule has 3 aromatic rings. The predicted molar refractivity (Wildman–Crippen MR) is 140 cm³/mol. The second-order valence-electron chi connectivity index (χ2n) is 9.36. The van der Waals surface area contributed by atoms with Gasteiger partial charge in [0.15, 0.2) is 0 Å². The molecule has 0 aliphatic carbocycles. The molecule has 0 saturated carbocycles. The van der Waals surface area contributed by atoms with Crippen LogP contribution in [0.1, 0.15) is 37.4 Å². The van der Waals surface area contributed by atoms with E-state index in [2.05, 4.69) is 9.88 Å². The van der Waals surface area contributed by atoms with E-state index < -0.39 is 17.7 Å². The lowest BCUT2D eigenvalue weighted by molar-refractivity contribution is 0.0254. The number of likely N-dealkylation sites (tertiary alicyclic amines) is 1. The van der Waals surface area contributed by atoms with E-state index in [4.69, 9.17) is 16.3 Å². The normalized spacial score (nSPS) is 16.8. The number of piperidine rings is 1. The second kappa shape index (κ2) is 12.0. The number of aliphatic hydroxyl groups excluding tert-OH is 2. The summed E-state index contributed by atoms with van der Waals surface area (Å²) in [6.07, 6.45) is 3.43. The highest BCUT2D eigenvalue weighted by atomic mass is 35.5. The maximum absolute atomic E-state index is 13.8. The third-order valence-corrected chi connectivity index (χ3v) is 8.54. The van der Waals surface area contributed by atoms with E-state index in [-0.39, 0.29) is 16.9 Å². The molecule has 36 heavy (non-hydrogen) atoms. The molecular formula is C27H31ClF2N2O3S. The molecule has 0 amide bonds. The Labute approximate surface area is 219 Å². The van der Waals surface area contributed by atoms with Gasteiger partial charge in [0.1, 0.15) is 17.4 Å². The fourth-order valence-corrected chi connectivity index (χ4v) is 6.10. The average Bonchev–Trinajstić information content (AvgIpc) is 2.89. The first-order chi connectivity index (χ1) is 17.4. The molecule has 2 heterocycles. The quantitative estimate of drug-likeness (QED) is 0.317. The van der Waals surface area contributed by atoms with E-state index in [1.54, 1.807) is 13.3 Å². The van der Waals surface area contributed by atoms with Crippen molar-refractivity contribution in [3.05, 3.63) is 64.8 Å². The molecule has 2 N–H and O–H groups in total. The van der Waals surface area contributed by atoms with E-state index >= 15 is 0 Å². The molecule has 0 radical (unpaired) electrons. The Hall–Kier alpha value is -1.97. The number of pyridine rings is 1. The van der Waals surface area contributed by atoms with Gasteiger partial charge in [-0.1, -0.05) is 17.7 Å². The fourth-order valence-electron chi connectivity index (χ4n) is 4.86. The molecule has 1 fully saturated rings. The lowest BCUT2D eigenvalue weighted by atomic mass is 9.74. The minimum Gasteiger partial charge on any atom is -0.497 e. The maximum atomic E-state index is 13.8. The third kappa shape index (κ3) is 6.11. The van der Waals surface area contributed by atoms with Crippen LogP contribution in [0, 0.1) is 17.0 Å². The van der Waals surface area contributed by atoms with E-state index in [1.165, 1.54) is 30.0 Å². The SMILES string of the molecule is COc1ccc2ncc(Cl)c([C@@H](O)CCC3(CO)CCN(CCSc4c(F)cccc4F)CC3)c2c1. The molecule has 2 aromatic carbocycles. The summed E-state index contributed by atoms with van der Waals surface area (Å²) in [5.74, 6) is 0.184. The number of halogens is 3. The molecule has 1 aliphatic rings. The largest absolute Gasteiger partial charge is 0.497 e. The monoisotopic (exact) mass is 536 g/mol. The highest BCUT2D eigenvalue weighted by Gasteiger charge is 2.34. The van der Waals surface area contributed by atoms with Gasteiger partial charge in [0.2, 0.25) is 0 Å². The number of aromatic nitrogens is 1. The number of thioether (sulfide) groups is 1. The van der Waals surface area contributed by atoms with E-state index in [9.17, 15) is 19.0 Å². The summed E-state index contributed by atoms with van der Waals surface area (Å²) in [4.78, 5) is 6.68. The molecule has 5 nitrogen and oxygen atoms in total. The number of aliphatic hydroxyl groups is 2. The molecule has 194 valence electrons. The van der Waals surface area contributed by atoms with E-state index in [0.29, 0.717) is 41.5 Å². The Balaban J connectivity index is 1.34. The van der Waals surface area contributed by atoms with Crippen molar-refractivity contribution in [3.8, 4) is 5.75 Å². The van der Waals surface area contributed by atoms with Gasteiger partial charge in [-0.15, -0.1) is 11.8 Å². The van der Waals surface area contributed by atoms with E-state index in [1.807, 2.05) is 18.2 Å². The summed E-state index contributed by atoms with van der Waals surface area (Å²) in [7, 11) is 1.59. The van der Waals surface area contributed by atoms with E-state index in [0.717, 1.165) is 36.8 Å². The number of rotatable bonds is 10. The Bertz CT molecular complexity index is 1170. The highest BCUT2D eigenvalue weighted by Crippen LogP contribution is 2.40. The summed E-state index contributed by atoms with van der Waals surface area (Å²) >= 11 is 7.64. The van der Waals surface area contributed by atoms with Gasteiger partial charge in [0.25, 0.3) is 0 Å². The van der Waals surface area contributed by atoms with Crippen molar-refractivity contribution in [1.82, 2.24) is 9.88 Å². The molecule has 1 aromatic heterocycles. The van der Waals surface area contributed by atoms with Gasteiger partial charge in [-0.05, 0) is 74.5 Å². The number of fused-ring (bicyclic) bond motifs is 1. The molecule has 0 spiro atoms. The smallest absolute Gasteiger partial charge is 0.139 e. The van der Waals surface area contributed by atoms with Crippen LogP contribution >= 0.6 is 23.4 Å². The van der Waals surface area contributed by atoms with Gasteiger partial charge in [-0.25, -0.2) is 8.78 Å². The van der Waals surface area contributed by atoms with Gasteiger partial charge in [-0.2, -0.15) is 0 Å². The first-order valence-corrected chi connectivity index (χ1v) is 13.4. The molecular weight excluding hydrogens is 506 g/mol. The predicted octanol–water partition coefficient (Wildman–Crippen LogP) is 5.86. The summed E-state index contributed by atoms with van der Waals surface area (Å²) < 4.78 is 33.0. The molecule has 0 unspecified atom stereocenters. The second-order valence-corrected chi connectivity index (χ2v) is 10.9. The van der Waals surface area contributed by atoms with Crippen LogP contribution in [-0.4, -0.2) is 59.2 Å². The van der Waals surface area contributed by atoms with Crippen LogP contribution in [0.15, 0.2) is 47.5 Å². The van der Waals surface area contributed by atoms with Crippen molar-refractivity contribution < 1.29 is 23.7 Å². The molecule has 1 saturated heterocycles. The summed E-state index contributed by atoms with van der Waals surface area (Å²) in [6, 6.07) is 9.40. The fraction of sp³-hybridized carbons (Fsp3) is 0.444. The van der Waals surface area contributed by atoms with Gasteiger partial charge in [-0.3, -0.25) is 4.98 Å². The Morgan fingerprint density at radius 1 is 1.19 bits per heavy atom. The van der Waals surface area contributed by atoms with Gasteiger partial charge < -0.3 is 19.8 Å². The Morgan fingerprint density at radius 3 is 2.58 bits per heavy atom. The van der Waals surface area contributed by atoms with Crippen LogP contribution < -0.4 is 4.74 Å². The van der Waals surface area contributed by atoms with Crippen molar-refractivity contribution in [2.45, 2.75) is 36.7 Å². The molecule has 1 atom stereocenters. The topological polar surface area (TPSA) is 65.8 Å². The third-order valence-electron chi connectivity index (χ3n) is 7.17. The summed E-state index contributed by atoms with van der Waals surface area (Å²) in [5, 5.41) is 22.5. The van der Waals surface area contributed by atoms with Gasteiger partial charge in [0, 0.05) is 36.1 Å². The van der Waals surface area contributed by atoms with Gasteiger partial charge in [0.05, 0.1) is 28.6 Å². The molecule has 0 bridgehead atoms. The first-order valence-electron chi connectivity index (χ1n) is 12.1. The van der Waals surface area contributed by atoms with Crippen LogP contribution in [0.5, 0.6) is 5.75 Å². The summed E-state index contributed by atoms with van der Waals surface area (Å²) in [6.45, 7) is 2.32. The average molecular weight is 537 g/mol. The van der Waals surface area contributed by atoms with Crippen LogP contribution in [0.3, 0.4) is 0 Å². The molecule has 1 aliphatic heterocycles. The Kier molecular flexibility index (Phi) is 9.06. The Morgan fingerprint density at radius 2 is 1.92 bits per heavy atom. The van der Waals surface area contributed by atoms with Crippen molar-refractivity contribution in [2.75, 3.05) is 39.1 Å². The number of hydrogen-bond acceptors (Lipinski definition) is 6. The van der Waals surface area contributed by atoms with Crippen LogP contribution in [0.25, 0.3) is 10.9 Å². The van der Waals surface area contributed by atoms with Crippen LogP contribution in [0.4, 0.5) is 8.78 Å². The zero-order valence-electron chi connectivity index (χ0n) is 20.2. The number of nitrogens with zero attached hydrogens (tertiary/aromatic N) is 2. The lowest BCUT2D eigenvalue weighted by Gasteiger charge is -2.41. The minimum absolute atomic E-state index is 0.0431. The highest BCUT2D eigenvalue weighted by molar-refractivity contribution is 7.99.